The Labute approximate surface area is 195 Å². The highest BCUT2D eigenvalue weighted by Crippen LogP contribution is 2.32. The summed E-state index contributed by atoms with van der Waals surface area (Å²) in [5, 5.41) is 2.80. The largest absolute Gasteiger partial charge is 0.494 e. The summed E-state index contributed by atoms with van der Waals surface area (Å²) in [6, 6.07) is 14.1. The Bertz CT molecular complexity index is 1350. The Morgan fingerprint density at radius 2 is 1.79 bits per heavy atom. The summed E-state index contributed by atoms with van der Waals surface area (Å²) in [4.78, 5) is 16.4. The van der Waals surface area contributed by atoms with Crippen molar-refractivity contribution >= 4 is 22.6 Å². The molecule has 0 spiro atoms. The predicted molar refractivity (Wildman–Crippen MR) is 126 cm³/mol. The molecule has 1 amide bonds. The summed E-state index contributed by atoms with van der Waals surface area (Å²) in [7, 11) is 2.63. The first-order valence-electron chi connectivity index (χ1n) is 10.5. The molecule has 0 bridgehead atoms. The Balaban J connectivity index is 1.64. The number of aromatic nitrogens is 2. The number of halogens is 2. The second kappa shape index (κ2) is 9.74. The summed E-state index contributed by atoms with van der Waals surface area (Å²) >= 11 is 0. The van der Waals surface area contributed by atoms with Gasteiger partial charge in [-0.05, 0) is 35.9 Å². The fourth-order valence-corrected chi connectivity index (χ4v) is 3.77. The number of benzene rings is 2. The van der Waals surface area contributed by atoms with Crippen LogP contribution in [0.5, 0.6) is 11.5 Å². The van der Waals surface area contributed by atoms with Crippen molar-refractivity contribution in [2.45, 2.75) is 13.0 Å². The minimum Gasteiger partial charge on any atom is -0.494 e. The number of carbonyl (C=O) groups excluding carboxylic acids is 1. The summed E-state index contributed by atoms with van der Waals surface area (Å²) < 4.78 is 41.4. The summed E-state index contributed by atoms with van der Waals surface area (Å²) in [6.07, 6.45) is 3.43. The standard InChI is InChI=1S/C26H23F2N3O3/c1-4-24(32)30-19-8-6-5-7-16(19)13-17-9-10-21-20(29-17)11-12-31(21)15-18-25(27)22(33-2)14-23(34-3)26(18)28/h4-12,14H,1,13,15H2,2-3H3,(H,30,32). The number of para-hydroxylation sites is 1. The average Bonchev–Trinajstić information content (AvgIpc) is 3.25. The Morgan fingerprint density at radius 3 is 2.47 bits per heavy atom. The van der Waals surface area contributed by atoms with Crippen molar-refractivity contribution in [3.05, 3.63) is 95.8 Å². The van der Waals surface area contributed by atoms with Crippen molar-refractivity contribution in [3.8, 4) is 11.5 Å². The molecule has 0 unspecified atom stereocenters. The monoisotopic (exact) mass is 463 g/mol. The number of amides is 1. The van der Waals surface area contributed by atoms with E-state index in [-0.39, 0.29) is 29.5 Å². The zero-order valence-corrected chi connectivity index (χ0v) is 18.8. The minimum atomic E-state index is -0.773. The van der Waals surface area contributed by atoms with E-state index in [0.717, 1.165) is 16.8 Å². The van der Waals surface area contributed by atoms with Crippen LogP contribution in [0.4, 0.5) is 14.5 Å². The molecule has 4 rings (SSSR count). The first-order chi connectivity index (χ1) is 16.4. The lowest BCUT2D eigenvalue weighted by Crippen LogP contribution is -2.09. The van der Waals surface area contributed by atoms with Crippen molar-refractivity contribution in [1.82, 2.24) is 9.55 Å². The molecule has 6 nitrogen and oxygen atoms in total. The van der Waals surface area contributed by atoms with Crippen LogP contribution in [-0.4, -0.2) is 29.7 Å². The van der Waals surface area contributed by atoms with E-state index in [9.17, 15) is 13.6 Å². The number of hydrogen-bond acceptors (Lipinski definition) is 4. The third-order valence-electron chi connectivity index (χ3n) is 5.51. The number of nitrogens with zero attached hydrogens (tertiary/aromatic N) is 2. The molecule has 1 N–H and O–H groups in total. The molecule has 0 saturated heterocycles. The molecule has 8 heteroatoms. The molecule has 4 aromatic rings. The fraction of sp³-hybridized carbons (Fsp3) is 0.154. The summed E-state index contributed by atoms with van der Waals surface area (Å²) in [5.41, 5.74) is 3.61. The molecule has 0 aliphatic heterocycles. The lowest BCUT2D eigenvalue weighted by molar-refractivity contribution is -0.111. The van der Waals surface area contributed by atoms with Gasteiger partial charge in [-0.1, -0.05) is 24.8 Å². The van der Waals surface area contributed by atoms with Gasteiger partial charge in [0.1, 0.15) is 0 Å². The van der Waals surface area contributed by atoms with Crippen LogP contribution in [0.3, 0.4) is 0 Å². The van der Waals surface area contributed by atoms with Gasteiger partial charge in [-0.25, -0.2) is 8.78 Å². The number of pyridine rings is 1. The van der Waals surface area contributed by atoms with E-state index >= 15 is 0 Å². The van der Waals surface area contributed by atoms with Crippen LogP contribution < -0.4 is 14.8 Å². The molecular formula is C26H23F2N3O3. The maximum atomic E-state index is 14.8. The van der Waals surface area contributed by atoms with Gasteiger partial charge >= 0.3 is 0 Å². The van der Waals surface area contributed by atoms with E-state index in [1.54, 1.807) is 16.8 Å². The molecular weight excluding hydrogens is 440 g/mol. The van der Waals surface area contributed by atoms with E-state index in [4.69, 9.17) is 14.5 Å². The van der Waals surface area contributed by atoms with Gasteiger partial charge in [0.2, 0.25) is 5.91 Å². The molecule has 174 valence electrons. The maximum Gasteiger partial charge on any atom is 0.247 e. The quantitative estimate of drug-likeness (QED) is 0.370. The van der Waals surface area contributed by atoms with Crippen LogP contribution in [0, 0.1) is 11.6 Å². The van der Waals surface area contributed by atoms with Crippen molar-refractivity contribution in [2.75, 3.05) is 19.5 Å². The molecule has 0 radical (unpaired) electrons. The average molecular weight is 463 g/mol. The number of rotatable bonds is 8. The zero-order valence-electron chi connectivity index (χ0n) is 18.8. The summed E-state index contributed by atoms with van der Waals surface area (Å²) in [6.45, 7) is 3.42. The van der Waals surface area contributed by atoms with Crippen LogP contribution in [0.25, 0.3) is 11.0 Å². The van der Waals surface area contributed by atoms with E-state index in [2.05, 4.69) is 11.9 Å². The molecule has 2 heterocycles. The first-order valence-corrected chi connectivity index (χ1v) is 10.5. The van der Waals surface area contributed by atoms with Crippen molar-refractivity contribution < 1.29 is 23.0 Å². The first kappa shape index (κ1) is 23.0. The highest BCUT2D eigenvalue weighted by molar-refractivity contribution is 5.99. The molecule has 0 atom stereocenters. The smallest absolute Gasteiger partial charge is 0.247 e. The Kier molecular flexibility index (Phi) is 6.58. The Morgan fingerprint density at radius 1 is 1.09 bits per heavy atom. The maximum absolute atomic E-state index is 14.8. The second-order valence-corrected chi connectivity index (χ2v) is 7.57. The second-order valence-electron chi connectivity index (χ2n) is 7.57. The van der Waals surface area contributed by atoms with E-state index in [1.807, 2.05) is 36.4 Å². The van der Waals surface area contributed by atoms with Crippen LogP contribution in [0.15, 0.2) is 67.4 Å². The van der Waals surface area contributed by atoms with Crippen molar-refractivity contribution in [1.29, 1.82) is 0 Å². The number of carbonyl (C=O) groups is 1. The van der Waals surface area contributed by atoms with Crippen LogP contribution in [0.1, 0.15) is 16.8 Å². The lowest BCUT2D eigenvalue weighted by atomic mass is 10.1. The van der Waals surface area contributed by atoms with Gasteiger partial charge in [0.15, 0.2) is 23.1 Å². The highest BCUT2D eigenvalue weighted by Gasteiger charge is 2.21. The predicted octanol–water partition coefficient (Wildman–Crippen LogP) is 5.10. The van der Waals surface area contributed by atoms with Gasteiger partial charge in [0, 0.05) is 30.1 Å². The van der Waals surface area contributed by atoms with Crippen molar-refractivity contribution in [2.24, 2.45) is 0 Å². The number of ether oxygens (including phenoxy) is 2. The number of methoxy groups -OCH3 is 2. The molecule has 2 aromatic heterocycles. The number of hydrogen-bond donors (Lipinski definition) is 1. The van der Waals surface area contributed by atoms with Gasteiger partial charge in [0.05, 0.1) is 37.4 Å². The lowest BCUT2D eigenvalue weighted by Gasteiger charge is -2.14. The van der Waals surface area contributed by atoms with E-state index in [1.165, 1.54) is 26.4 Å². The third-order valence-corrected chi connectivity index (χ3v) is 5.51. The molecule has 0 fully saturated rings. The number of fused-ring (bicyclic) bond motifs is 1. The fourth-order valence-electron chi connectivity index (χ4n) is 3.77. The highest BCUT2D eigenvalue weighted by atomic mass is 19.1. The number of nitrogens with one attached hydrogen (secondary N) is 1. The van der Waals surface area contributed by atoms with Crippen LogP contribution in [0.2, 0.25) is 0 Å². The topological polar surface area (TPSA) is 65.4 Å². The van der Waals surface area contributed by atoms with Gasteiger partial charge in [-0.3, -0.25) is 9.78 Å². The van der Waals surface area contributed by atoms with E-state index < -0.39 is 11.6 Å². The zero-order chi connectivity index (χ0) is 24.2. The van der Waals surface area contributed by atoms with E-state index in [0.29, 0.717) is 17.6 Å². The molecule has 34 heavy (non-hydrogen) atoms. The third kappa shape index (κ3) is 4.47. The SMILES string of the molecule is C=CC(=O)Nc1ccccc1Cc1ccc2c(ccn2Cc2c(F)c(OC)cc(OC)c2F)n1. The van der Waals surface area contributed by atoms with Gasteiger partial charge in [-0.15, -0.1) is 0 Å². The molecule has 0 aliphatic rings. The van der Waals surface area contributed by atoms with Gasteiger partial charge in [-0.2, -0.15) is 0 Å². The minimum absolute atomic E-state index is 0.0633. The van der Waals surface area contributed by atoms with Crippen LogP contribution in [-0.2, 0) is 17.8 Å². The normalized spacial score (nSPS) is 10.8. The van der Waals surface area contributed by atoms with Crippen LogP contribution >= 0.6 is 0 Å². The van der Waals surface area contributed by atoms with Crippen molar-refractivity contribution in [3.63, 3.8) is 0 Å². The molecule has 0 aliphatic carbocycles. The molecule has 2 aromatic carbocycles. The summed E-state index contributed by atoms with van der Waals surface area (Å²) in [5.74, 6) is -2.02. The molecule has 0 saturated carbocycles. The number of anilines is 1. The Hall–Kier alpha value is -4.20. The van der Waals surface area contributed by atoms with Gasteiger partial charge in [0.25, 0.3) is 0 Å². The van der Waals surface area contributed by atoms with Gasteiger partial charge < -0.3 is 19.4 Å².